The lowest BCUT2D eigenvalue weighted by atomic mass is 10.0. The van der Waals surface area contributed by atoms with E-state index in [1.165, 1.54) is 18.5 Å². The standard InChI is InChI=1S/C25H23ClN6O4/c26-20-9-14(25(35)32-15-5-7-27-8-6-15)1-4-18(20)22(34)19-10-28-23-21(19)24(30-13-29-23)31-16-2-3-17(11-33)36-12-16/h1,4-10,13,16-17,33H,2-3,11-12H2,(H,27,32,35)(H2,28,29,30,31)/t16-,17+/m1/s1. The lowest BCUT2D eigenvalue weighted by molar-refractivity contribution is -0.0224. The maximum Gasteiger partial charge on any atom is 0.255 e. The number of ketones is 1. The summed E-state index contributed by atoms with van der Waals surface area (Å²) in [6.07, 6.45) is 7.49. The van der Waals surface area contributed by atoms with Crippen LogP contribution in [-0.4, -0.2) is 62.1 Å². The molecule has 36 heavy (non-hydrogen) atoms. The third kappa shape index (κ3) is 4.92. The van der Waals surface area contributed by atoms with Gasteiger partial charge in [-0.05, 0) is 43.2 Å². The van der Waals surface area contributed by atoms with Crippen LogP contribution in [0.5, 0.6) is 0 Å². The number of amides is 1. The van der Waals surface area contributed by atoms with Crippen molar-refractivity contribution < 1.29 is 19.4 Å². The van der Waals surface area contributed by atoms with Crippen molar-refractivity contribution in [1.29, 1.82) is 0 Å². The first-order chi connectivity index (χ1) is 17.5. The zero-order valence-electron chi connectivity index (χ0n) is 19.1. The molecule has 184 valence electrons. The molecule has 0 saturated carbocycles. The number of aliphatic hydroxyl groups excluding tert-OH is 1. The van der Waals surface area contributed by atoms with Crippen LogP contribution in [0.3, 0.4) is 0 Å². The maximum absolute atomic E-state index is 13.5. The lowest BCUT2D eigenvalue weighted by Gasteiger charge is -2.29. The molecule has 10 nitrogen and oxygen atoms in total. The topological polar surface area (TPSA) is 142 Å². The highest BCUT2D eigenvalue weighted by Crippen LogP contribution is 2.29. The fourth-order valence-corrected chi connectivity index (χ4v) is 4.40. The summed E-state index contributed by atoms with van der Waals surface area (Å²) in [6, 6.07) is 7.87. The zero-order chi connectivity index (χ0) is 25.1. The molecule has 1 saturated heterocycles. The van der Waals surface area contributed by atoms with Gasteiger partial charge in [-0.25, -0.2) is 9.97 Å². The van der Waals surface area contributed by atoms with E-state index < -0.39 is 0 Å². The molecule has 0 unspecified atom stereocenters. The molecule has 3 aromatic heterocycles. The van der Waals surface area contributed by atoms with E-state index >= 15 is 0 Å². The summed E-state index contributed by atoms with van der Waals surface area (Å²) in [6.45, 7) is 0.408. The van der Waals surface area contributed by atoms with Crippen LogP contribution in [-0.2, 0) is 4.74 Å². The molecular formula is C25H23ClN6O4. The summed E-state index contributed by atoms with van der Waals surface area (Å²) in [5.41, 5.74) is 2.02. The van der Waals surface area contributed by atoms with Gasteiger partial charge >= 0.3 is 0 Å². The second-order valence-electron chi connectivity index (χ2n) is 8.42. The molecule has 1 aliphatic heterocycles. The number of aliphatic hydroxyl groups is 1. The summed E-state index contributed by atoms with van der Waals surface area (Å²) in [4.78, 5) is 41.6. The molecule has 4 aromatic rings. The normalized spacial score (nSPS) is 17.6. The first-order valence-electron chi connectivity index (χ1n) is 11.4. The second-order valence-corrected chi connectivity index (χ2v) is 8.83. The number of rotatable bonds is 7. The van der Waals surface area contributed by atoms with Crippen LogP contribution >= 0.6 is 11.6 Å². The number of anilines is 2. The SMILES string of the molecule is O=C(Nc1ccncc1)c1ccc(C(=O)c2c[nH]c3ncnc(N[C@@H]4CC[C@@H](CO)OC4)c23)c(Cl)c1. The number of ether oxygens (including phenoxy) is 1. The zero-order valence-corrected chi connectivity index (χ0v) is 19.8. The Kier molecular flexibility index (Phi) is 6.90. The van der Waals surface area contributed by atoms with Gasteiger partial charge in [0.2, 0.25) is 0 Å². The van der Waals surface area contributed by atoms with Gasteiger partial charge in [0, 0.05) is 35.4 Å². The number of aromatic amines is 1. The first-order valence-corrected chi connectivity index (χ1v) is 11.8. The summed E-state index contributed by atoms with van der Waals surface area (Å²) >= 11 is 6.46. The Morgan fingerprint density at radius 2 is 1.97 bits per heavy atom. The van der Waals surface area contributed by atoms with E-state index in [2.05, 4.69) is 30.6 Å². The number of pyridine rings is 1. The number of nitrogens with zero attached hydrogens (tertiary/aromatic N) is 3. The minimum atomic E-state index is -0.354. The van der Waals surface area contributed by atoms with Crippen molar-refractivity contribution in [3.63, 3.8) is 0 Å². The fourth-order valence-electron chi connectivity index (χ4n) is 4.13. The highest BCUT2D eigenvalue weighted by atomic mass is 35.5. The van der Waals surface area contributed by atoms with Gasteiger partial charge in [-0.2, -0.15) is 0 Å². The van der Waals surface area contributed by atoms with Gasteiger partial charge in [0.25, 0.3) is 5.91 Å². The number of hydrogen-bond acceptors (Lipinski definition) is 8. The van der Waals surface area contributed by atoms with E-state index in [9.17, 15) is 14.7 Å². The van der Waals surface area contributed by atoms with Crippen LogP contribution in [0.1, 0.15) is 39.1 Å². The Morgan fingerprint density at radius 1 is 1.14 bits per heavy atom. The Labute approximate surface area is 211 Å². The summed E-state index contributed by atoms with van der Waals surface area (Å²) in [7, 11) is 0. The highest BCUT2D eigenvalue weighted by Gasteiger charge is 2.25. The molecule has 4 N–H and O–H groups in total. The van der Waals surface area contributed by atoms with E-state index in [-0.39, 0.29) is 41.0 Å². The van der Waals surface area contributed by atoms with E-state index in [0.29, 0.717) is 40.3 Å². The first kappa shape index (κ1) is 23.9. The third-order valence-corrected chi connectivity index (χ3v) is 6.36. The van der Waals surface area contributed by atoms with E-state index in [0.717, 1.165) is 12.8 Å². The van der Waals surface area contributed by atoms with Crippen molar-refractivity contribution in [3.05, 3.63) is 77.0 Å². The lowest BCUT2D eigenvalue weighted by Crippen LogP contribution is -2.36. The van der Waals surface area contributed by atoms with Crippen LogP contribution in [0, 0.1) is 0 Å². The second kappa shape index (κ2) is 10.4. The summed E-state index contributed by atoms with van der Waals surface area (Å²) in [5.74, 6) is -0.178. The number of H-pyrrole nitrogens is 1. The molecule has 0 radical (unpaired) electrons. The van der Waals surface area contributed by atoms with Crippen LogP contribution in [0.4, 0.5) is 11.5 Å². The van der Waals surface area contributed by atoms with E-state index in [4.69, 9.17) is 16.3 Å². The fraction of sp³-hybridized carbons (Fsp3) is 0.240. The third-order valence-electron chi connectivity index (χ3n) is 6.04. The summed E-state index contributed by atoms with van der Waals surface area (Å²) in [5, 5.41) is 16.1. The average molecular weight is 507 g/mol. The van der Waals surface area contributed by atoms with Crippen molar-refractivity contribution in [2.24, 2.45) is 0 Å². The molecule has 4 heterocycles. The molecule has 1 fully saturated rings. The Balaban J connectivity index is 1.38. The van der Waals surface area contributed by atoms with Gasteiger partial charge in [0.1, 0.15) is 17.8 Å². The number of aromatic nitrogens is 4. The van der Waals surface area contributed by atoms with Crippen LogP contribution < -0.4 is 10.6 Å². The number of carbonyl (C=O) groups excluding carboxylic acids is 2. The predicted molar refractivity (Wildman–Crippen MR) is 134 cm³/mol. The molecular weight excluding hydrogens is 484 g/mol. The Hall–Kier alpha value is -3.86. The van der Waals surface area contributed by atoms with E-state index in [1.54, 1.807) is 36.8 Å². The van der Waals surface area contributed by atoms with Gasteiger partial charge < -0.3 is 25.5 Å². The van der Waals surface area contributed by atoms with Gasteiger partial charge in [-0.1, -0.05) is 11.6 Å². The van der Waals surface area contributed by atoms with Gasteiger partial charge in [-0.15, -0.1) is 0 Å². The van der Waals surface area contributed by atoms with Crippen LogP contribution in [0.25, 0.3) is 11.0 Å². The molecule has 0 bridgehead atoms. The van der Waals surface area contributed by atoms with Gasteiger partial charge in [-0.3, -0.25) is 14.6 Å². The van der Waals surface area contributed by atoms with Crippen molar-refractivity contribution in [2.75, 3.05) is 23.8 Å². The van der Waals surface area contributed by atoms with Crippen LogP contribution in [0.2, 0.25) is 5.02 Å². The monoisotopic (exact) mass is 506 g/mol. The minimum absolute atomic E-state index is 0.00806. The highest BCUT2D eigenvalue weighted by molar-refractivity contribution is 6.36. The summed E-state index contributed by atoms with van der Waals surface area (Å²) < 4.78 is 5.65. The molecule has 1 aromatic carbocycles. The van der Waals surface area contributed by atoms with E-state index in [1.807, 2.05) is 0 Å². The number of nitrogens with one attached hydrogen (secondary N) is 3. The Morgan fingerprint density at radius 3 is 2.69 bits per heavy atom. The quantitative estimate of drug-likeness (QED) is 0.279. The largest absolute Gasteiger partial charge is 0.394 e. The number of carbonyl (C=O) groups is 2. The Bertz CT molecular complexity index is 1400. The average Bonchev–Trinajstić information content (AvgIpc) is 3.34. The maximum atomic E-state index is 13.5. The van der Waals surface area contributed by atoms with Crippen molar-refractivity contribution in [2.45, 2.75) is 25.0 Å². The number of halogens is 1. The molecule has 5 rings (SSSR count). The molecule has 11 heteroatoms. The number of benzene rings is 1. The van der Waals surface area contributed by atoms with Crippen molar-refractivity contribution in [1.82, 2.24) is 19.9 Å². The molecule has 1 amide bonds. The van der Waals surface area contributed by atoms with Crippen LogP contribution in [0.15, 0.2) is 55.2 Å². The number of fused-ring (bicyclic) bond motifs is 1. The van der Waals surface area contributed by atoms with Crippen molar-refractivity contribution in [3.8, 4) is 0 Å². The molecule has 2 atom stereocenters. The number of hydrogen-bond donors (Lipinski definition) is 4. The van der Waals surface area contributed by atoms with Gasteiger partial charge in [0.15, 0.2) is 5.78 Å². The molecule has 1 aliphatic rings. The molecule has 0 spiro atoms. The predicted octanol–water partition coefficient (Wildman–Crippen LogP) is 3.44. The van der Waals surface area contributed by atoms with Gasteiger partial charge in [0.05, 0.1) is 41.3 Å². The molecule has 0 aliphatic carbocycles. The smallest absolute Gasteiger partial charge is 0.255 e. The van der Waals surface area contributed by atoms with Crippen molar-refractivity contribution >= 4 is 45.8 Å². The minimum Gasteiger partial charge on any atom is -0.394 e.